The van der Waals surface area contributed by atoms with Crippen molar-refractivity contribution in [2.75, 3.05) is 20.3 Å². The molecular weight excluding hydrogens is 294 g/mol. The summed E-state index contributed by atoms with van der Waals surface area (Å²) in [6.07, 6.45) is 3.73. The normalized spacial score (nSPS) is 26.8. The van der Waals surface area contributed by atoms with E-state index in [0.717, 1.165) is 49.2 Å². The zero-order valence-electron chi connectivity index (χ0n) is 13.6. The van der Waals surface area contributed by atoms with Gasteiger partial charge in [-0.15, -0.1) is 0 Å². The highest BCUT2D eigenvalue weighted by Crippen LogP contribution is 2.31. The standard InChI is InChI=1S/C18H25NO4/c1-22-16-7-4-14-8-12(11-23-17(14)9-16)10-19-18(21)13-2-5-15(20)6-3-13/h4,7,9,12-13,15,20H,2-3,5-6,8,10-11H2,1H3,(H,19,21)/t12-,13?,15?/m0/s1. The van der Waals surface area contributed by atoms with Crippen LogP contribution in [0.3, 0.4) is 0 Å². The SMILES string of the molecule is COc1ccc2c(c1)OC[C@H](CNC(=O)C1CCC(O)CC1)C2. The highest BCUT2D eigenvalue weighted by atomic mass is 16.5. The summed E-state index contributed by atoms with van der Waals surface area (Å²) in [4.78, 5) is 12.2. The average Bonchev–Trinajstić information content (AvgIpc) is 2.59. The first kappa shape index (κ1) is 16.1. The van der Waals surface area contributed by atoms with Crippen LogP contribution in [0.2, 0.25) is 0 Å². The molecule has 1 aliphatic heterocycles. The summed E-state index contributed by atoms with van der Waals surface area (Å²) in [7, 11) is 1.65. The second kappa shape index (κ2) is 7.21. The van der Waals surface area contributed by atoms with Crippen LogP contribution < -0.4 is 14.8 Å². The lowest BCUT2D eigenvalue weighted by molar-refractivity contribution is -0.126. The van der Waals surface area contributed by atoms with Crippen molar-refractivity contribution in [3.8, 4) is 11.5 Å². The Morgan fingerprint density at radius 1 is 1.35 bits per heavy atom. The third kappa shape index (κ3) is 3.96. The van der Waals surface area contributed by atoms with Gasteiger partial charge in [-0.1, -0.05) is 6.07 Å². The van der Waals surface area contributed by atoms with E-state index in [2.05, 4.69) is 5.32 Å². The number of ether oxygens (including phenoxy) is 2. The van der Waals surface area contributed by atoms with Crippen LogP contribution in [-0.4, -0.2) is 37.4 Å². The number of carbonyl (C=O) groups excluding carboxylic acids is 1. The van der Waals surface area contributed by atoms with Crippen LogP contribution >= 0.6 is 0 Å². The molecule has 5 nitrogen and oxygen atoms in total. The molecule has 3 rings (SSSR count). The van der Waals surface area contributed by atoms with Crippen LogP contribution in [0.25, 0.3) is 0 Å². The summed E-state index contributed by atoms with van der Waals surface area (Å²) in [6, 6.07) is 5.89. The molecule has 0 spiro atoms. The number of carbonyl (C=O) groups is 1. The van der Waals surface area contributed by atoms with Gasteiger partial charge in [-0.2, -0.15) is 0 Å². The number of benzene rings is 1. The molecule has 1 heterocycles. The molecule has 1 aromatic rings. The molecule has 23 heavy (non-hydrogen) atoms. The number of aliphatic hydroxyl groups is 1. The maximum Gasteiger partial charge on any atom is 0.223 e. The van der Waals surface area contributed by atoms with E-state index >= 15 is 0 Å². The van der Waals surface area contributed by atoms with E-state index in [9.17, 15) is 9.90 Å². The first-order valence-corrected chi connectivity index (χ1v) is 8.41. The van der Waals surface area contributed by atoms with Crippen molar-refractivity contribution >= 4 is 5.91 Å². The second-order valence-electron chi connectivity index (χ2n) is 6.61. The van der Waals surface area contributed by atoms with Gasteiger partial charge in [0.05, 0.1) is 19.8 Å². The predicted molar refractivity (Wildman–Crippen MR) is 86.7 cm³/mol. The number of methoxy groups -OCH3 is 1. The van der Waals surface area contributed by atoms with Crippen molar-refractivity contribution in [1.29, 1.82) is 0 Å². The number of fused-ring (bicyclic) bond motifs is 1. The van der Waals surface area contributed by atoms with Gasteiger partial charge >= 0.3 is 0 Å². The Kier molecular flexibility index (Phi) is 5.06. The zero-order valence-corrected chi connectivity index (χ0v) is 13.6. The molecule has 0 bridgehead atoms. The lowest BCUT2D eigenvalue weighted by Crippen LogP contribution is -2.39. The number of aliphatic hydroxyl groups excluding tert-OH is 1. The first-order chi connectivity index (χ1) is 11.2. The minimum Gasteiger partial charge on any atom is -0.497 e. The molecule has 2 N–H and O–H groups in total. The maximum atomic E-state index is 12.2. The van der Waals surface area contributed by atoms with E-state index in [1.54, 1.807) is 7.11 Å². The number of hydrogen-bond acceptors (Lipinski definition) is 4. The molecular formula is C18H25NO4. The minimum atomic E-state index is -0.223. The number of rotatable bonds is 4. The molecule has 0 saturated heterocycles. The van der Waals surface area contributed by atoms with Crippen LogP contribution in [0.4, 0.5) is 0 Å². The van der Waals surface area contributed by atoms with Crippen LogP contribution in [0, 0.1) is 11.8 Å². The van der Waals surface area contributed by atoms with Gasteiger partial charge in [0, 0.05) is 24.4 Å². The van der Waals surface area contributed by atoms with Gasteiger partial charge in [0.15, 0.2) is 0 Å². The number of amides is 1. The number of nitrogens with one attached hydrogen (secondary N) is 1. The fraction of sp³-hybridized carbons (Fsp3) is 0.611. The zero-order chi connectivity index (χ0) is 16.2. The number of hydrogen-bond donors (Lipinski definition) is 2. The van der Waals surface area contributed by atoms with Gasteiger partial charge in [0.25, 0.3) is 0 Å². The Hall–Kier alpha value is -1.75. The average molecular weight is 319 g/mol. The van der Waals surface area contributed by atoms with Crippen LogP contribution in [0.15, 0.2) is 18.2 Å². The summed E-state index contributed by atoms with van der Waals surface area (Å²) in [6.45, 7) is 1.26. The highest BCUT2D eigenvalue weighted by Gasteiger charge is 2.26. The molecule has 2 aliphatic rings. The molecule has 0 aromatic heterocycles. The maximum absolute atomic E-state index is 12.2. The van der Waals surface area contributed by atoms with Gasteiger partial charge in [0.1, 0.15) is 11.5 Å². The quantitative estimate of drug-likeness (QED) is 0.890. The predicted octanol–water partition coefficient (Wildman–Crippen LogP) is 1.91. The summed E-state index contributed by atoms with van der Waals surface area (Å²) in [5.74, 6) is 2.16. The lowest BCUT2D eigenvalue weighted by atomic mass is 9.86. The molecule has 1 atom stereocenters. The topological polar surface area (TPSA) is 67.8 Å². The van der Waals surface area contributed by atoms with Gasteiger partial charge in [0.2, 0.25) is 5.91 Å². The Bertz CT molecular complexity index is 552. The monoisotopic (exact) mass is 319 g/mol. The molecule has 5 heteroatoms. The first-order valence-electron chi connectivity index (χ1n) is 8.41. The van der Waals surface area contributed by atoms with Crippen molar-refractivity contribution < 1.29 is 19.4 Å². The Morgan fingerprint density at radius 3 is 2.87 bits per heavy atom. The molecule has 0 unspecified atom stereocenters. The van der Waals surface area contributed by atoms with E-state index in [1.165, 1.54) is 0 Å². The van der Waals surface area contributed by atoms with Gasteiger partial charge < -0.3 is 19.9 Å². The van der Waals surface area contributed by atoms with E-state index in [1.807, 2.05) is 18.2 Å². The lowest BCUT2D eigenvalue weighted by Gasteiger charge is -2.28. The fourth-order valence-corrected chi connectivity index (χ4v) is 3.40. The molecule has 126 valence electrons. The van der Waals surface area contributed by atoms with Crippen LogP contribution in [0.1, 0.15) is 31.2 Å². The van der Waals surface area contributed by atoms with Crippen molar-refractivity contribution in [3.05, 3.63) is 23.8 Å². The third-order valence-corrected chi connectivity index (χ3v) is 4.89. The second-order valence-corrected chi connectivity index (χ2v) is 6.61. The van der Waals surface area contributed by atoms with E-state index in [0.29, 0.717) is 19.1 Å². The largest absolute Gasteiger partial charge is 0.497 e. The molecule has 1 amide bonds. The summed E-state index contributed by atoms with van der Waals surface area (Å²) < 4.78 is 11.0. The van der Waals surface area contributed by atoms with Crippen LogP contribution in [-0.2, 0) is 11.2 Å². The third-order valence-electron chi connectivity index (χ3n) is 4.89. The van der Waals surface area contributed by atoms with Gasteiger partial charge in [-0.3, -0.25) is 4.79 Å². The Labute approximate surface area is 137 Å². The molecule has 1 saturated carbocycles. The minimum absolute atomic E-state index is 0.0551. The van der Waals surface area contributed by atoms with Crippen molar-refractivity contribution in [1.82, 2.24) is 5.32 Å². The molecule has 0 radical (unpaired) electrons. The van der Waals surface area contributed by atoms with Gasteiger partial charge in [-0.05, 0) is 43.7 Å². The van der Waals surface area contributed by atoms with E-state index in [-0.39, 0.29) is 17.9 Å². The summed E-state index contributed by atoms with van der Waals surface area (Å²) in [5, 5.41) is 12.6. The van der Waals surface area contributed by atoms with E-state index < -0.39 is 0 Å². The van der Waals surface area contributed by atoms with Crippen LogP contribution in [0.5, 0.6) is 11.5 Å². The molecule has 1 fully saturated rings. The smallest absolute Gasteiger partial charge is 0.223 e. The van der Waals surface area contributed by atoms with Gasteiger partial charge in [-0.25, -0.2) is 0 Å². The summed E-state index contributed by atoms with van der Waals surface area (Å²) >= 11 is 0. The summed E-state index contributed by atoms with van der Waals surface area (Å²) in [5.41, 5.74) is 1.16. The Balaban J connectivity index is 1.49. The highest BCUT2D eigenvalue weighted by molar-refractivity contribution is 5.78. The van der Waals surface area contributed by atoms with E-state index in [4.69, 9.17) is 9.47 Å². The van der Waals surface area contributed by atoms with Crippen molar-refractivity contribution in [2.24, 2.45) is 11.8 Å². The fourth-order valence-electron chi connectivity index (χ4n) is 3.40. The Morgan fingerprint density at radius 2 is 2.13 bits per heavy atom. The molecule has 1 aliphatic carbocycles. The van der Waals surface area contributed by atoms with Crippen molar-refractivity contribution in [2.45, 2.75) is 38.2 Å². The van der Waals surface area contributed by atoms with Crippen molar-refractivity contribution in [3.63, 3.8) is 0 Å². The molecule has 1 aromatic carbocycles.